The third-order valence-electron chi connectivity index (χ3n) is 6.71. The summed E-state index contributed by atoms with van der Waals surface area (Å²) in [5, 5.41) is 13.1. The zero-order chi connectivity index (χ0) is 24.7. The van der Waals surface area contributed by atoms with Gasteiger partial charge in [0, 0.05) is 31.7 Å². The minimum Gasteiger partial charge on any atom is -0.503 e. The molecule has 0 aliphatic carbocycles. The van der Waals surface area contributed by atoms with E-state index in [1.807, 2.05) is 6.07 Å². The molecule has 2 unspecified atom stereocenters. The lowest BCUT2D eigenvalue weighted by molar-refractivity contribution is -0.151. The number of ketones is 1. The van der Waals surface area contributed by atoms with Crippen LogP contribution < -0.4 is 5.32 Å². The third kappa shape index (κ3) is 4.28. The van der Waals surface area contributed by atoms with Crippen molar-refractivity contribution < 1.29 is 28.3 Å². The Bertz CT molecular complexity index is 1200. The van der Waals surface area contributed by atoms with E-state index in [0.29, 0.717) is 19.6 Å². The number of aliphatic hydroxyl groups excluding tert-OH is 1. The first-order valence-electron chi connectivity index (χ1n) is 11.4. The maximum Gasteiger partial charge on any atom is 0.275 e. The zero-order valence-corrected chi connectivity index (χ0v) is 19.5. The number of fused-ring (bicyclic) bond motifs is 2. The van der Waals surface area contributed by atoms with E-state index in [1.165, 1.54) is 12.1 Å². The van der Waals surface area contributed by atoms with Gasteiger partial charge in [-0.25, -0.2) is 4.39 Å². The molecule has 2 atom stereocenters. The number of Topliss-reactive ketones (excluding diaryl/α,β-unsaturated/α-hetero) is 1. The Hall–Kier alpha value is -3.37. The Kier molecular flexibility index (Phi) is 6.24. The average molecular weight is 503 g/mol. The van der Waals surface area contributed by atoms with Gasteiger partial charge in [0.1, 0.15) is 29.4 Å². The number of rotatable bonds is 5. The number of halogens is 2. The van der Waals surface area contributed by atoms with Crippen molar-refractivity contribution >= 4 is 29.2 Å². The van der Waals surface area contributed by atoms with Gasteiger partial charge in [-0.2, -0.15) is 0 Å². The van der Waals surface area contributed by atoms with Gasteiger partial charge < -0.3 is 24.6 Å². The number of piperazine rings is 1. The molecule has 1 aromatic heterocycles. The number of carbonyl (C=O) groups excluding carboxylic acids is 3. The number of furan rings is 1. The van der Waals surface area contributed by atoms with Gasteiger partial charge in [0.2, 0.25) is 11.7 Å². The van der Waals surface area contributed by atoms with Crippen molar-refractivity contribution in [2.45, 2.75) is 25.7 Å². The van der Waals surface area contributed by atoms with Crippen LogP contribution >= 0.6 is 11.6 Å². The average Bonchev–Trinajstić information content (AvgIpc) is 3.36. The van der Waals surface area contributed by atoms with Crippen LogP contribution in [0.15, 0.2) is 52.5 Å². The first-order chi connectivity index (χ1) is 16.8. The van der Waals surface area contributed by atoms with Gasteiger partial charge in [0.15, 0.2) is 5.76 Å². The van der Waals surface area contributed by atoms with Crippen LogP contribution in [0.3, 0.4) is 0 Å². The summed E-state index contributed by atoms with van der Waals surface area (Å²) in [6.45, 7) is 1.86. The van der Waals surface area contributed by atoms with Gasteiger partial charge in [0.05, 0.1) is 24.4 Å². The maximum absolute atomic E-state index is 14.2. The lowest BCUT2D eigenvalue weighted by Gasteiger charge is -2.51. The Morgan fingerprint density at radius 1 is 1.20 bits per heavy atom. The number of carbonyl (C=O) groups is 3. The molecule has 1 aromatic carbocycles. The van der Waals surface area contributed by atoms with Crippen molar-refractivity contribution in [1.82, 2.24) is 20.0 Å². The number of benzene rings is 1. The van der Waals surface area contributed by atoms with Gasteiger partial charge in [0.25, 0.3) is 5.91 Å². The van der Waals surface area contributed by atoms with Gasteiger partial charge in [-0.1, -0.05) is 23.7 Å². The van der Waals surface area contributed by atoms with Gasteiger partial charge in [-0.3, -0.25) is 19.3 Å². The molecule has 0 bridgehead atoms. The van der Waals surface area contributed by atoms with Crippen molar-refractivity contribution in [2.75, 3.05) is 26.2 Å². The number of amides is 2. The number of hydrogen-bond donors (Lipinski definition) is 2. The summed E-state index contributed by atoms with van der Waals surface area (Å²) in [6, 6.07) is 8.10. The molecule has 3 aliphatic rings. The van der Waals surface area contributed by atoms with E-state index in [0.717, 1.165) is 18.7 Å². The third-order valence-corrected chi connectivity index (χ3v) is 7.00. The zero-order valence-electron chi connectivity index (χ0n) is 18.7. The van der Waals surface area contributed by atoms with Crippen molar-refractivity contribution in [3.8, 4) is 0 Å². The number of aliphatic hydroxyl groups is 1. The van der Waals surface area contributed by atoms with E-state index in [1.54, 1.807) is 28.2 Å². The van der Waals surface area contributed by atoms with Crippen LogP contribution in [0.2, 0.25) is 5.02 Å². The molecule has 2 saturated heterocycles. The summed E-state index contributed by atoms with van der Waals surface area (Å²) in [7, 11) is 0. The van der Waals surface area contributed by atoms with Crippen molar-refractivity contribution in [2.24, 2.45) is 5.92 Å². The Labute approximate surface area is 205 Å². The van der Waals surface area contributed by atoms with E-state index in [4.69, 9.17) is 16.0 Å². The lowest BCUT2D eigenvalue weighted by atomic mass is 9.92. The molecule has 3 aliphatic heterocycles. The topological polar surface area (TPSA) is 106 Å². The Morgan fingerprint density at radius 3 is 2.80 bits per heavy atom. The summed E-state index contributed by atoms with van der Waals surface area (Å²) in [5.74, 6) is -3.74. The van der Waals surface area contributed by atoms with Crippen molar-refractivity contribution in [3.05, 3.63) is 70.2 Å². The summed E-state index contributed by atoms with van der Waals surface area (Å²) in [5.41, 5.74) is 0.102. The first-order valence-corrected chi connectivity index (χ1v) is 11.7. The highest BCUT2D eigenvalue weighted by Gasteiger charge is 2.48. The highest BCUT2D eigenvalue weighted by Crippen LogP contribution is 2.32. The molecule has 9 nitrogen and oxygen atoms in total. The second kappa shape index (κ2) is 9.35. The van der Waals surface area contributed by atoms with E-state index >= 15 is 0 Å². The van der Waals surface area contributed by atoms with E-state index in [9.17, 15) is 23.9 Å². The van der Waals surface area contributed by atoms with Crippen LogP contribution in [0.5, 0.6) is 0 Å². The largest absolute Gasteiger partial charge is 0.503 e. The monoisotopic (exact) mass is 502 g/mol. The Morgan fingerprint density at radius 2 is 2.03 bits per heavy atom. The number of hydrogen-bond acceptors (Lipinski definition) is 7. The number of nitrogens with one attached hydrogen (secondary N) is 1. The van der Waals surface area contributed by atoms with E-state index in [-0.39, 0.29) is 35.5 Å². The summed E-state index contributed by atoms with van der Waals surface area (Å²) >= 11 is 5.79. The fraction of sp³-hybridized carbons (Fsp3) is 0.375. The van der Waals surface area contributed by atoms with Gasteiger partial charge in [-0.05, 0) is 24.6 Å². The normalized spacial score (nSPS) is 22.8. The SMILES string of the molecule is O=C(NCc1cccc(Cl)c1F)C1CN2CC3N(Cc4ccco4)CCCN3C(=O)C2=C(O)C1=O. The summed E-state index contributed by atoms with van der Waals surface area (Å²) in [6.07, 6.45) is 2.04. The van der Waals surface area contributed by atoms with Crippen LogP contribution in [0.25, 0.3) is 0 Å². The molecule has 4 heterocycles. The smallest absolute Gasteiger partial charge is 0.275 e. The molecular formula is C24H24ClFN4O5. The Balaban J connectivity index is 1.34. The van der Waals surface area contributed by atoms with E-state index < -0.39 is 35.1 Å². The van der Waals surface area contributed by atoms with E-state index in [2.05, 4.69) is 10.2 Å². The molecule has 0 spiro atoms. The molecule has 2 aromatic rings. The molecule has 0 saturated carbocycles. The van der Waals surface area contributed by atoms with Gasteiger partial charge >= 0.3 is 0 Å². The first kappa shape index (κ1) is 23.4. The van der Waals surface area contributed by atoms with Crippen molar-refractivity contribution in [3.63, 3.8) is 0 Å². The predicted molar refractivity (Wildman–Crippen MR) is 122 cm³/mol. The van der Waals surface area contributed by atoms with Crippen LogP contribution in [-0.4, -0.2) is 69.7 Å². The standard InChI is InChI=1S/C24H24ClFN4O5/c25-17-6-1-4-14(19(17)26)10-27-23(33)16-12-29-13-18-28(11-15-5-2-9-35-15)7-3-8-30(18)24(34)20(29)22(32)21(16)31/h1-2,4-6,9,16,18,32H,3,7-8,10-13H2,(H,27,33). The number of allylic oxidation sites excluding steroid dienone is 1. The molecule has 0 radical (unpaired) electrons. The number of nitrogens with zero attached hydrogens (tertiary/aromatic N) is 3. The maximum atomic E-state index is 14.2. The molecular weight excluding hydrogens is 479 g/mol. The lowest BCUT2D eigenvalue weighted by Crippen LogP contribution is -2.66. The fourth-order valence-electron chi connectivity index (χ4n) is 4.93. The van der Waals surface area contributed by atoms with Crippen LogP contribution in [0.4, 0.5) is 4.39 Å². The van der Waals surface area contributed by atoms with Crippen LogP contribution in [0, 0.1) is 11.7 Å². The minimum absolute atomic E-state index is 0.0627. The highest BCUT2D eigenvalue weighted by atomic mass is 35.5. The molecule has 2 N–H and O–H groups in total. The second-order valence-electron chi connectivity index (χ2n) is 8.83. The fourth-order valence-corrected chi connectivity index (χ4v) is 5.13. The molecule has 184 valence electrons. The molecule has 2 amide bonds. The summed E-state index contributed by atoms with van der Waals surface area (Å²) < 4.78 is 19.6. The molecule has 11 heteroatoms. The van der Waals surface area contributed by atoms with Gasteiger partial charge in [-0.15, -0.1) is 0 Å². The van der Waals surface area contributed by atoms with Crippen molar-refractivity contribution in [1.29, 1.82) is 0 Å². The quantitative estimate of drug-likeness (QED) is 0.602. The molecule has 2 fully saturated rings. The highest BCUT2D eigenvalue weighted by molar-refractivity contribution is 6.30. The van der Waals surface area contributed by atoms with Crippen LogP contribution in [-0.2, 0) is 27.5 Å². The minimum atomic E-state index is -1.23. The molecule has 5 rings (SSSR count). The predicted octanol–water partition coefficient (Wildman–Crippen LogP) is 2.03. The summed E-state index contributed by atoms with van der Waals surface area (Å²) in [4.78, 5) is 44.4. The van der Waals surface area contributed by atoms with Crippen LogP contribution in [0.1, 0.15) is 17.7 Å². The molecule has 35 heavy (non-hydrogen) atoms. The second-order valence-corrected chi connectivity index (χ2v) is 9.24.